The number of hydrogen-bond acceptors (Lipinski definition) is 4. The van der Waals surface area contributed by atoms with Crippen molar-refractivity contribution in [1.29, 1.82) is 0 Å². The fourth-order valence-corrected chi connectivity index (χ4v) is 1.95. The van der Waals surface area contributed by atoms with Crippen LogP contribution in [0.5, 0.6) is 0 Å². The summed E-state index contributed by atoms with van der Waals surface area (Å²) >= 11 is 0. The lowest BCUT2D eigenvalue weighted by molar-refractivity contribution is 0.0955. The molecule has 0 fully saturated rings. The molecule has 0 saturated carbocycles. The van der Waals surface area contributed by atoms with Crippen LogP contribution in [0.1, 0.15) is 21.5 Å². The Morgan fingerprint density at radius 2 is 1.70 bits per heavy atom. The van der Waals surface area contributed by atoms with Crippen LogP contribution in [0, 0.1) is 13.8 Å². The van der Waals surface area contributed by atoms with E-state index in [0.29, 0.717) is 24.6 Å². The zero-order chi connectivity index (χ0) is 14.4. The molecule has 5 nitrogen and oxygen atoms in total. The molecule has 0 aliphatic rings. The van der Waals surface area contributed by atoms with E-state index in [1.165, 1.54) is 0 Å². The normalized spacial score (nSPS) is 10.1. The van der Waals surface area contributed by atoms with E-state index in [1.54, 1.807) is 18.5 Å². The van der Waals surface area contributed by atoms with Crippen molar-refractivity contribution >= 4 is 11.9 Å². The predicted molar refractivity (Wildman–Crippen MR) is 78.8 cm³/mol. The number of aryl methyl sites for hydroxylation is 2. The first-order chi connectivity index (χ1) is 9.65. The number of rotatable bonds is 5. The molecule has 1 aromatic heterocycles. The second kappa shape index (κ2) is 6.65. The lowest BCUT2D eigenvalue weighted by Crippen LogP contribution is -2.29. The van der Waals surface area contributed by atoms with Gasteiger partial charge in [0.25, 0.3) is 5.91 Å². The summed E-state index contributed by atoms with van der Waals surface area (Å²) in [6.07, 6.45) is 3.34. The van der Waals surface area contributed by atoms with Crippen LogP contribution in [0.3, 0.4) is 0 Å². The van der Waals surface area contributed by atoms with E-state index >= 15 is 0 Å². The Balaban J connectivity index is 1.80. The van der Waals surface area contributed by atoms with Gasteiger partial charge < -0.3 is 10.6 Å². The molecule has 0 aliphatic carbocycles. The average molecular weight is 270 g/mol. The molecule has 1 amide bonds. The number of nitrogens with one attached hydrogen (secondary N) is 2. The second-order valence-electron chi connectivity index (χ2n) is 4.63. The molecule has 0 saturated heterocycles. The molecule has 2 aromatic rings. The monoisotopic (exact) mass is 270 g/mol. The maximum Gasteiger partial charge on any atom is 0.251 e. The van der Waals surface area contributed by atoms with Gasteiger partial charge in [-0.15, -0.1) is 0 Å². The number of aromatic nitrogens is 2. The molecular formula is C15H18N4O. The first-order valence-corrected chi connectivity index (χ1v) is 6.52. The molecule has 0 aliphatic heterocycles. The summed E-state index contributed by atoms with van der Waals surface area (Å²) < 4.78 is 0. The number of benzene rings is 1. The minimum absolute atomic E-state index is 0.0624. The Morgan fingerprint density at radius 1 is 1.05 bits per heavy atom. The van der Waals surface area contributed by atoms with Crippen molar-refractivity contribution in [3.8, 4) is 0 Å². The number of anilines is 1. The van der Waals surface area contributed by atoms with Crippen LogP contribution in [0.4, 0.5) is 5.95 Å². The van der Waals surface area contributed by atoms with Crippen LogP contribution in [0.15, 0.2) is 36.7 Å². The Hall–Kier alpha value is -2.43. The van der Waals surface area contributed by atoms with Gasteiger partial charge in [0, 0.05) is 31.0 Å². The zero-order valence-corrected chi connectivity index (χ0v) is 11.7. The Bertz CT molecular complexity index is 563. The third-order valence-electron chi connectivity index (χ3n) is 2.74. The Morgan fingerprint density at radius 3 is 2.35 bits per heavy atom. The van der Waals surface area contributed by atoms with Crippen molar-refractivity contribution in [2.75, 3.05) is 18.4 Å². The number of carbonyl (C=O) groups excluding carboxylic acids is 1. The van der Waals surface area contributed by atoms with Gasteiger partial charge in [-0.05, 0) is 32.0 Å². The van der Waals surface area contributed by atoms with Crippen LogP contribution in [-0.2, 0) is 0 Å². The van der Waals surface area contributed by atoms with Crippen molar-refractivity contribution in [2.24, 2.45) is 0 Å². The first kappa shape index (κ1) is 14.0. The van der Waals surface area contributed by atoms with Crippen LogP contribution in [0.2, 0.25) is 0 Å². The van der Waals surface area contributed by atoms with Crippen LogP contribution < -0.4 is 10.6 Å². The van der Waals surface area contributed by atoms with Gasteiger partial charge in [-0.3, -0.25) is 4.79 Å². The predicted octanol–water partition coefficient (Wildman–Crippen LogP) is 1.94. The third-order valence-corrected chi connectivity index (χ3v) is 2.74. The summed E-state index contributed by atoms with van der Waals surface area (Å²) in [4.78, 5) is 20.1. The van der Waals surface area contributed by atoms with Crippen LogP contribution in [-0.4, -0.2) is 29.0 Å². The molecule has 0 radical (unpaired) electrons. The van der Waals surface area contributed by atoms with Crippen molar-refractivity contribution in [3.63, 3.8) is 0 Å². The Labute approximate surface area is 118 Å². The zero-order valence-electron chi connectivity index (χ0n) is 11.7. The van der Waals surface area contributed by atoms with E-state index in [9.17, 15) is 4.79 Å². The highest BCUT2D eigenvalue weighted by molar-refractivity contribution is 5.94. The molecule has 0 bridgehead atoms. The standard InChI is InChI=1S/C15H18N4O/c1-11-8-12(2)10-13(9-11)14(20)16-6-7-19-15-17-4-3-5-18-15/h3-5,8-10H,6-7H2,1-2H3,(H,16,20)(H,17,18,19). The number of nitrogens with zero attached hydrogens (tertiary/aromatic N) is 2. The molecule has 20 heavy (non-hydrogen) atoms. The molecule has 0 atom stereocenters. The summed E-state index contributed by atoms with van der Waals surface area (Å²) in [5.41, 5.74) is 2.87. The summed E-state index contributed by atoms with van der Waals surface area (Å²) in [6, 6.07) is 7.57. The van der Waals surface area contributed by atoms with Crippen molar-refractivity contribution in [1.82, 2.24) is 15.3 Å². The van der Waals surface area contributed by atoms with E-state index in [4.69, 9.17) is 0 Å². The minimum Gasteiger partial charge on any atom is -0.352 e. The highest BCUT2D eigenvalue weighted by Crippen LogP contribution is 2.08. The van der Waals surface area contributed by atoms with E-state index in [1.807, 2.05) is 32.0 Å². The Kier molecular flexibility index (Phi) is 4.65. The molecule has 0 unspecified atom stereocenters. The second-order valence-corrected chi connectivity index (χ2v) is 4.63. The molecule has 1 heterocycles. The first-order valence-electron chi connectivity index (χ1n) is 6.52. The highest BCUT2D eigenvalue weighted by atomic mass is 16.1. The van der Waals surface area contributed by atoms with E-state index in [0.717, 1.165) is 11.1 Å². The molecule has 104 valence electrons. The van der Waals surface area contributed by atoms with Crippen LogP contribution >= 0.6 is 0 Å². The van der Waals surface area contributed by atoms with Gasteiger partial charge in [0.15, 0.2) is 0 Å². The average Bonchev–Trinajstić information content (AvgIpc) is 2.43. The SMILES string of the molecule is Cc1cc(C)cc(C(=O)NCCNc2ncccn2)c1. The molecule has 2 N–H and O–H groups in total. The topological polar surface area (TPSA) is 66.9 Å². The number of carbonyl (C=O) groups is 1. The molecule has 1 aromatic carbocycles. The largest absolute Gasteiger partial charge is 0.352 e. The smallest absolute Gasteiger partial charge is 0.251 e. The van der Waals surface area contributed by atoms with Crippen molar-refractivity contribution in [2.45, 2.75) is 13.8 Å². The number of amides is 1. The van der Waals surface area contributed by atoms with Gasteiger partial charge in [-0.2, -0.15) is 0 Å². The summed E-state index contributed by atoms with van der Waals surface area (Å²) in [6.45, 7) is 5.07. The third kappa shape index (κ3) is 4.05. The lowest BCUT2D eigenvalue weighted by atomic mass is 10.1. The molecule has 0 spiro atoms. The van der Waals surface area contributed by atoms with Crippen LogP contribution in [0.25, 0.3) is 0 Å². The fraction of sp³-hybridized carbons (Fsp3) is 0.267. The number of hydrogen-bond donors (Lipinski definition) is 2. The quantitative estimate of drug-likeness (QED) is 0.815. The summed E-state index contributed by atoms with van der Waals surface area (Å²) in [5.74, 6) is 0.501. The highest BCUT2D eigenvalue weighted by Gasteiger charge is 2.05. The van der Waals surface area contributed by atoms with E-state index < -0.39 is 0 Å². The minimum atomic E-state index is -0.0624. The maximum absolute atomic E-state index is 12.0. The van der Waals surface area contributed by atoms with Gasteiger partial charge in [-0.25, -0.2) is 9.97 Å². The fourth-order valence-electron chi connectivity index (χ4n) is 1.95. The molecular weight excluding hydrogens is 252 g/mol. The van der Waals surface area contributed by atoms with Gasteiger partial charge in [0.05, 0.1) is 0 Å². The van der Waals surface area contributed by atoms with Crippen molar-refractivity contribution in [3.05, 3.63) is 53.3 Å². The van der Waals surface area contributed by atoms with Gasteiger partial charge >= 0.3 is 0 Å². The summed E-state index contributed by atoms with van der Waals surface area (Å²) in [7, 11) is 0. The van der Waals surface area contributed by atoms with Gasteiger partial charge in [0.1, 0.15) is 0 Å². The lowest BCUT2D eigenvalue weighted by Gasteiger charge is -2.08. The molecule has 2 rings (SSSR count). The maximum atomic E-state index is 12.0. The van der Waals surface area contributed by atoms with Crippen molar-refractivity contribution < 1.29 is 4.79 Å². The summed E-state index contributed by atoms with van der Waals surface area (Å²) in [5, 5.41) is 5.90. The van der Waals surface area contributed by atoms with E-state index in [-0.39, 0.29) is 5.91 Å². The van der Waals surface area contributed by atoms with Gasteiger partial charge in [-0.1, -0.05) is 17.2 Å². The molecule has 5 heteroatoms. The van der Waals surface area contributed by atoms with E-state index in [2.05, 4.69) is 20.6 Å². The van der Waals surface area contributed by atoms with Gasteiger partial charge in [0.2, 0.25) is 5.95 Å².